The number of aromatic nitrogens is 1. The van der Waals surface area contributed by atoms with Crippen LogP contribution in [-0.2, 0) is 14.3 Å². The van der Waals surface area contributed by atoms with Gasteiger partial charge in [-0.15, -0.1) is 11.3 Å². The number of carbonyl (C=O) groups excluding carboxylic acids is 2. The van der Waals surface area contributed by atoms with Crippen molar-refractivity contribution in [3.05, 3.63) is 33.8 Å². The molecule has 0 radical (unpaired) electrons. The van der Waals surface area contributed by atoms with Gasteiger partial charge in [-0.05, 0) is 44.3 Å². The van der Waals surface area contributed by atoms with Crippen LogP contribution < -0.4 is 0 Å². The molecule has 2 N–H and O–H groups in total. The Kier molecular flexibility index (Phi) is 9.37. The van der Waals surface area contributed by atoms with Crippen molar-refractivity contribution in [2.75, 3.05) is 0 Å². The summed E-state index contributed by atoms with van der Waals surface area (Å²) in [6.07, 6.45) is 5.11. The number of ketones is 1. The maximum absolute atomic E-state index is 13.1. The standard InChI is InChI=1S/C25H37NO5S/c1-15-10-8-7-9-11-20(16(2)12-19-14-32-18(4)26-19)31-22(28)13-21(27)25(5,6)24(30)17(3)23(15)29/h7,9,12,14-15,17,20-21,23,27,29H,8,10-11,13H2,1-6H3/b9-7-,16-12+/t15-,17+,20?,21-,23-/m0/s1. The number of rotatable bonds is 2. The average Bonchev–Trinajstić information content (AvgIpc) is 3.14. The van der Waals surface area contributed by atoms with E-state index in [1.807, 2.05) is 44.4 Å². The molecule has 1 aliphatic rings. The van der Waals surface area contributed by atoms with Gasteiger partial charge in [-0.2, -0.15) is 0 Å². The molecule has 0 fully saturated rings. The van der Waals surface area contributed by atoms with E-state index >= 15 is 0 Å². The molecule has 7 heteroatoms. The van der Waals surface area contributed by atoms with Gasteiger partial charge < -0.3 is 14.9 Å². The lowest BCUT2D eigenvalue weighted by Crippen LogP contribution is -2.45. The summed E-state index contributed by atoms with van der Waals surface area (Å²) in [5.74, 6) is -1.52. The molecular weight excluding hydrogens is 426 g/mol. The van der Waals surface area contributed by atoms with E-state index in [0.717, 1.165) is 29.1 Å². The number of cyclic esters (lactones) is 1. The van der Waals surface area contributed by atoms with Gasteiger partial charge in [-0.1, -0.05) is 39.8 Å². The van der Waals surface area contributed by atoms with E-state index in [4.69, 9.17) is 4.74 Å². The van der Waals surface area contributed by atoms with Gasteiger partial charge in [0.25, 0.3) is 0 Å². The third-order valence-corrected chi connectivity index (χ3v) is 7.23. The summed E-state index contributed by atoms with van der Waals surface area (Å²) in [6.45, 7) is 10.7. The summed E-state index contributed by atoms with van der Waals surface area (Å²) in [7, 11) is 0. The van der Waals surface area contributed by atoms with Crippen molar-refractivity contribution >= 4 is 29.2 Å². The third kappa shape index (κ3) is 6.83. The molecule has 6 nitrogen and oxygen atoms in total. The van der Waals surface area contributed by atoms with Gasteiger partial charge >= 0.3 is 5.97 Å². The van der Waals surface area contributed by atoms with E-state index in [1.165, 1.54) is 0 Å². The Labute approximate surface area is 195 Å². The van der Waals surface area contributed by atoms with Gasteiger partial charge in [-0.25, -0.2) is 4.98 Å². The highest BCUT2D eigenvalue weighted by atomic mass is 32.1. The van der Waals surface area contributed by atoms with E-state index in [9.17, 15) is 19.8 Å². The smallest absolute Gasteiger partial charge is 0.309 e. The number of ether oxygens (including phenoxy) is 1. The molecule has 0 spiro atoms. The quantitative estimate of drug-likeness (QED) is 0.496. The number of aliphatic hydroxyl groups excluding tert-OH is 2. The van der Waals surface area contributed by atoms with Gasteiger partial charge in [-0.3, -0.25) is 9.59 Å². The highest BCUT2D eigenvalue weighted by molar-refractivity contribution is 7.09. The van der Waals surface area contributed by atoms with E-state index in [2.05, 4.69) is 4.98 Å². The minimum atomic E-state index is -1.21. The zero-order chi connectivity index (χ0) is 24.1. The zero-order valence-electron chi connectivity index (χ0n) is 20.0. The topological polar surface area (TPSA) is 96.7 Å². The highest BCUT2D eigenvalue weighted by Gasteiger charge is 2.42. The molecule has 0 amide bonds. The Morgan fingerprint density at radius 1 is 1.25 bits per heavy atom. The van der Waals surface area contributed by atoms with Crippen molar-refractivity contribution in [1.82, 2.24) is 4.98 Å². The van der Waals surface area contributed by atoms with Crippen molar-refractivity contribution < 1.29 is 24.5 Å². The van der Waals surface area contributed by atoms with Crippen LogP contribution in [0, 0.1) is 24.2 Å². The fourth-order valence-electron chi connectivity index (χ4n) is 3.99. The number of nitrogens with zero attached hydrogens (tertiary/aromatic N) is 1. The molecule has 32 heavy (non-hydrogen) atoms. The van der Waals surface area contributed by atoms with Crippen molar-refractivity contribution in [2.24, 2.45) is 17.3 Å². The van der Waals surface area contributed by atoms with Gasteiger partial charge in [0.1, 0.15) is 11.9 Å². The highest BCUT2D eigenvalue weighted by Crippen LogP contribution is 2.32. The molecule has 0 saturated carbocycles. The number of hydrogen-bond donors (Lipinski definition) is 2. The first-order valence-corrected chi connectivity index (χ1v) is 12.2. The second kappa shape index (κ2) is 11.3. The normalized spacial score (nSPS) is 32.0. The molecule has 1 aromatic rings. The van der Waals surface area contributed by atoms with Gasteiger partial charge in [0.15, 0.2) is 0 Å². The van der Waals surface area contributed by atoms with Crippen molar-refractivity contribution in [3.8, 4) is 0 Å². The first-order valence-electron chi connectivity index (χ1n) is 11.3. The SMILES string of the molecule is C/C(=C\c1csc(C)n1)C1C/C=C\CC[C@H](C)[C@H](O)[C@@H](C)C(=O)C(C)(C)[C@@H](O)CC(=O)O1. The monoisotopic (exact) mass is 463 g/mol. The van der Waals surface area contributed by atoms with E-state index < -0.39 is 35.6 Å². The van der Waals surface area contributed by atoms with E-state index in [1.54, 1.807) is 32.1 Å². The van der Waals surface area contributed by atoms with Crippen LogP contribution in [0.4, 0.5) is 0 Å². The van der Waals surface area contributed by atoms with Crippen molar-refractivity contribution in [1.29, 1.82) is 0 Å². The number of aliphatic hydroxyl groups is 2. The summed E-state index contributed by atoms with van der Waals surface area (Å²) in [5, 5.41) is 24.3. The van der Waals surface area contributed by atoms with E-state index in [0.29, 0.717) is 6.42 Å². The minimum Gasteiger partial charge on any atom is -0.457 e. The molecule has 0 aromatic carbocycles. The molecular formula is C25H37NO5S. The second-order valence-corrected chi connectivity index (χ2v) is 10.6. The maximum atomic E-state index is 13.1. The Morgan fingerprint density at radius 3 is 2.56 bits per heavy atom. The number of allylic oxidation sites excluding steroid dienone is 1. The summed E-state index contributed by atoms with van der Waals surface area (Å²) in [5.41, 5.74) is 0.500. The van der Waals surface area contributed by atoms with Crippen LogP contribution in [-0.4, -0.2) is 45.3 Å². The van der Waals surface area contributed by atoms with Crippen molar-refractivity contribution in [2.45, 2.75) is 85.5 Å². The van der Waals surface area contributed by atoms with Gasteiger partial charge in [0, 0.05) is 17.7 Å². The number of esters is 1. The number of Topliss-reactive ketones (excluding diaryl/α,β-unsaturated/α-hetero) is 1. The molecule has 1 unspecified atom stereocenters. The second-order valence-electron chi connectivity index (χ2n) is 9.51. The third-order valence-electron chi connectivity index (χ3n) is 6.44. The molecule has 2 rings (SSSR count). The Bertz CT molecular complexity index is 856. The summed E-state index contributed by atoms with van der Waals surface area (Å²) in [6, 6.07) is 0. The molecule has 5 atom stereocenters. The minimum absolute atomic E-state index is 0.0695. The average molecular weight is 464 g/mol. The molecule has 178 valence electrons. The van der Waals surface area contributed by atoms with Crippen LogP contribution in [0.1, 0.15) is 71.0 Å². The van der Waals surface area contributed by atoms with Crippen molar-refractivity contribution in [3.63, 3.8) is 0 Å². The first kappa shape index (κ1) is 26.4. The van der Waals surface area contributed by atoms with Crippen LogP contribution in [0.3, 0.4) is 0 Å². The summed E-state index contributed by atoms with van der Waals surface area (Å²) >= 11 is 1.56. The lowest BCUT2D eigenvalue weighted by molar-refractivity contribution is -0.154. The fourth-order valence-corrected chi connectivity index (χ4v) is 4.56. The molecule has 1 aliphatic heterocycles. The summed E-state index contributed by atoms with van der Waals surface area (Å²) < 4.78 is 5.73. The Hall–Kier alpha value is -1.83. The van der Waals surface area contributed by atoms with Crippen LogP contribution in [0.5, 0.6) is 0 Å². The van der Waals surface area contributed by atoms with E-state index in [-0.39, 0.29) is 18.1 Å². The maximum Gasteiger partial charge on any atom is 0.309 e. The predicted molar refractivity (Wildman–Crippen MR) is 127 cm³/mol. The molecule has 0 aliphatic carbocycles. The Morgan fingerprint density at radius 2 is 1.94 bits per heavy atom. The number of thiazole rings is 1. The predicted octanol–water partition coefficient (Wildman–Crippen LogP) is 4.49. The molecule has 1 aromatic heterocycles. The number of aryl methyl sites for hydroxylation is 1. The summed E-state index contributed by atoms with van der Waals surface area (Å²) in [4.78, 5) is 30.2. The molecule has 0 saturated heterocycles. The largest absolute Gasteiger partial charge is 0.457 e. The first-order chi connectivity index (χ1) is 14.9. The van der Waals surface area contributed by atoms with Crippen LogP contribution in [0.15, 0.2) is 23.1 Å². The number of carbonyl (C=O) groups is 2. The van der Waals surface area contributed by atoms with Gasteiger partial charge in [0.2, 0.25) is 0 Å². The lowest BCUT2D eigenvalue weighted by Gasteiger charge is -2.34. The fraction of sp³-hybridized carbons (Fsp3) is 0.640. The number of hydrogen-bond acceptors (Lipinski definition) is 7. The van der Waals surface area contributed by atoms with Crippen LogP contribution >= 0.6 is 11.3 Å². The Balaban J connectivity index is 2.29. The lowest BCUT2D eigenvalue weighted by atomic mass is 9.73. The molecule has 2 heterocycles. The van der Waals surface area contributed by atoms with Crippen LogP contribution in [0.25, 0.3) is 6.08 Å². The zero-order valence-corrected chi connectivity index (χ0v) is 20.8. The van der Waals surface area contributed by atoms with Gasteiger partial charge in [0.05, 0.1) is 34.7 Å². The van der Waals surface area contributed by atoms with Crippen LogP contribution in [0.2, 0.25) is 0 Å². The molecule has 0 bridgehead atoms.